The van der Waals surface area contributed by atoms with E-state index in [0.717, 1.165) is 38.1 Å². The van der Waals surface area contributed by atoms with E-state index in [1.807, 2.05) is 6.07 Å². The highest BCUT2D eigenvalue weighted by Gasteiger charge is 2.33. The van der Waals surface area contributed by atoms with Gasteiger partial charge in [0.2, 0.25) is 0 Å². The molecule has 2 fully saturated rings. The van der Waals surface area contributed by atoms with E-state index in [1.54, 1.807) is 0 Å². The van der Waals surface area contributed by atoms with Crippen molar-refractivity contribution in [3.63, 3.8) is 0 Å². The van der Waals surface area contributed by atoms with E-state index in [1.165, 1.54) is 43.4 Å². The monoisotopic (exact) mass is 405 g/mol. The van der Waals surface area contributed by atoms with Crippen molar-refractivity contribution >= 4 is 49.1 Å². The van der Waals surface area contributed by atoms with E-state index in [4.69, 9.17) is 0 Å². The zero-order valence-corrected chi connectivity index (χ0v) is 14.7. The van der Waals surface area contributed by atoms with Crippen LogP contribution < -0.4 is 0 Å². The number of nitrogens with zero attached hydrogens (tertiary/aromatic N) is 1. The lowest BCUT2D eigenvalue weighted by Crippen LogP contribution is -2.44. The van der Waals surface area contributed by atoms with Gasteiger partial charge in [0.25, 0.3) is 5.91 Å². The molecule has 3 rings (SSSR count). The maximum atomic E-state index is 12.5. The first-order chi connectivity index (χ1) is 9.15. The molecule has 19 heavy (non-hydrogen) atoms. The van der Waals surface area contributed by atoms with Crippen molar-refractivity contribution < 1.29 is 4.79 Å². The standard InChI is InChI=1S/C14H17Br2NOS/c15-11-7-12(19-13(11)16)14(18)17-6-5-9-3-1-2-4-10(9)8-17/h7,9-10H,1-6,8H2/t9-,10-/m1/s1. The molecule has 1 aliphatic carbocycles. The largest absolute Gasteiger partial charge is 0.338 e. The number of carbonyl (C=O) groups excluding carboxylic acids is 1. The lowest BCUT2D eigenvalue weighted by Gasteiger charge is -2.41. The number of carbonyl (C=O) groups is 1. The molecule has 104 valence electrons. The predicted octanol–water partition coefficient (Wildman–Crippen LogP) is 4.93. The fourth-order valence-electron chi connectivity index (χ4n) is 3.39. The van der Waals surface area contributed by atoms with Gasteiger partial charge in [-0.2, -0.15) is 0 Å². The zero-order chi connectivity index (χ0) is 13.4. The molecule has 5 heteroatoms. The molecular formula is C14H17Br2NOS. The molecule has 1 aromatic rings. The summed E-state index contributed by atoms with van der Waals surface area (Å²) in [5, 5.41) is 0. The second kappa shape index (κ2) is 5.86. The van der Waals surface area contributed by atoms with Crippen molar-refractivity contribution in [3.05, 3.63) is 19.2 Å². The molecule has 2 heterocycles. The Kier molecular flexibility index (Phi) is 4.34. The van der Waals surface area contributed by atoms with E-state index in [9.17, 15) is 4.79 Å². The van der Waals surface area contributed by atoms with Crippen LogP contribution >= 0.6 is 43.2 Å². The quantitative estimate of drug-likeness (QED) is 0.647. The molecule has 0 N–H and O–H groups in total. The molecule has 0 spiro atoms. The summed E-state index contributed by atoms with van der Waals surface area (Å²) in [6.45, 7) is 1.91. The molecule has 1 saturated carbocycles. The van der Waals surface area contributed by atoms with Crippen LogP contribution in [0.15, 0.2) is 14.3 Å². The molecule has 0 radical (unpaired) electrons. The Hall–Kier alpha value is 0.130. The Morgan fingerprint density at radius 1 is 1.21 bits per heavy atom. The fourth-order valence-corrected chi connectivity index (χ4v) is 5.40. The Morgan fingerprint density at radius 2 is 1.95 bits per heavy atom. The first-order valence-electron chi connectivity index (χ1n) is 6.89. The smallest absolute Gasteiger partial charge is 0.264 e. The zero-order valence-electron chi connectivity index (χ0n) is 10.7. The van der Waals surface area contributed by atoms with Crippen LogP contribution in [0.5, 0.6) is 0 Å². The molecule has 1 aliphatic heterocycles. The number of piperidine rings is 1. The van der Waals surface area contributed by atoms with Gasteiger partial charge in [-0.25, -0.2) is 0 Å². The van der Waals surface area contributed by atoms with E-state index in [0.29, 0.717) is 0 Å². The molecule has 2 nitrogen and oxygen atoms in total. The van der Waals surface area contributed by atoms with Gasteiger partial charge in [0, 0.05) is 17.6 Å². The van der Waals surface area contributed by atoms with Crippen LogP contribution in [0, 0.1) is 11.8 Å². The topological polar surface area (TPSA) is 20.3 Å². The van der Waals surface area contributed by atoms with Gasteiger partial charge in [0.1, 0.15) is 0 Å². The number of thiophene rings is 1. The van der Waals surface area contributed by atoms with Crippen LogP contribution in [0.3, 0.4) is 0 Å². The van der Waals surface area contributed by atoms with Gasteiger partial charge in [0.15, 0.2) is 0 Å². The Morgan fingerprint density at radius 3 is 2.63 bits per heavy atom. The third kappa shape index (κ3) is 2.93. The molecule has 0 unspecified atom stereocenters. The average molecular weight is 407 g/mol. The number of hydrogen-bond donors (Lipinski definition) is 0. The Labute approximate surface area is 134 Å². The summed E-state index contributed by atoms with van der Waals surface area (Å²) in [6.07, 6.45) is 6.62. The van der Waals surface area contributed by atoms with Crippen LogP contribution in [0.25, 0.3) is 0 Å². The number of amides is 1. The van der Waals surface area contributed by atoms with Gasteiger partial charge in [0.05, 0.1) is 8.66 Å². The van der Waals surface area contributed by atoms with Crippen molar-refractivity contribution in [1.82, 2.24) is 4.90 Å². The highest BCUT2D eigenvalue weighted by molar-refractivity contribution is 9.13. The molecule has 0 bridgehead atoms. The van der Waals surface area contributed by atoms with Crippen LogP contribution in [-0.2, 0) is 0 Å². The molecule has 1 saturated heterocycles. The minimum absolute atomic E-state index is 0.209. The van der Waals surface area contributed by atoms with Crippen molar-refractivity contribution in [2.45, 2.75) is 32.1 Å². The summed E-state index contributed by atoms with van der Waals surface area (Å²) in [5.74, 6) is 1.83. The molecule has 2 atom stereocenters. The normalized spacial score (nSPS) is 27.2. The van der Waals surface area contributed by atoms with E-state index >= 15 is 0 Å². The predicted molar refractivity (Wildman–Crippen MR) is 85.7 cm³/mol. The Bertz CT molecular complexity index is 468. The van der Waals surface area contributed by atoms with Gasteiger partial charge in [-0.05, 0) is 62.6 Å². The second-order valence-electron chi connectivity index (χ2n) is 5.58. The average Bonchev–Trinajstić information content (AvgIpc) is 2.77. The maximum Gasteiger partial charge on any atom is 0.264 e. The van der Waals surface area contributed by atoms with E-state index in [-0.39, 0.29) is 5.91 Å². The summed E-state index contributed by atoms with van der Waals surface area (Å²) in [4.78, 5) is 15.4. The van der Waals surface area contributed by atoms with Gasteiger partial charge in [-0.3, -0.25) is 4.79 Å². The number of rotatable bonds is 1. The minimum atomic E-state index is 0.209. The summed E-state index contributed by atoms with van der Waals surface area (Å²) < 4.78 is 1.98. The summed E-state index contributed by atoms with van der Waals surface area (Å²) in [7, 11) is 0. The van der Waals surface area contributed by atoms with Crippen molar-refractivity contribution in [2.75, 3.05) is 13.1 Å². The van der Waals surface area contributed by atoms with Crippen molar-refractivity contribution in [2.24, 2.45) is 11.8 Å². The molecular weight excluding hydrogens is 390 g/mol. The second-order valence-corrected chi connectivity index (χ2v) is 8.80. The molecule has 0 aromatic carbocycles. The number of halogens is 2. The lowest BCUT2D eigenvalue weighted by molar-refractivity contribution is 0.0525. The fraction of sp³-hybridized carbons (Fsp3) is 0.643. The third-order valence-electron chi connectivity index (χ3n) is 4.43. The van der Waals surface area contributed by atoms with Gasteiger partial charge in [-0.1, -0.05) is 19.3 Å². The maximum absolute atomic E-state index is 12.5. The van der Waals surface area contributed by atoms with Crippen LogP contribution in [-0.4, -0.2) is 23.9 Å². The first kappa shape index (κ1) is 14.1. The SMILES string of the molecule is O=C(c1cc(Br)c(Br)s1)N1CC[C@H]2CCCC[C@@H]2C1. The van der Waals surface area contributed by atoms with Gasteiger partial charge in [-0.15, -0.1) is 11.3 Å². The van der Waals surface area contributed by atoms with E-state index < -0.39 is 0 Å². The van der Waals surface area contributed by atoms with Gasteiger partial charge >= 0.3 is 0 Å². The van der Waals surface area contributed by atoms with Crippen LogP contribution in [0.4, 0.5) is 0 Å². The minimum Gasteiger partial charge on any atom is -0.338 e. The van der Waals surface area contributed by atoms with E-state index in [2.05, 4.69) is 36.8 Å². The third-order valence-corrected chi connectivity index (χ3v) is 7.68. The highest BCUT2D eigenvalue weighted by Crippen LogP contribution is 2.38. The molecule has 1 aromatic heterocycles. The highest BCUT2D eigenvalue weighted by atomic mass is 79.9. The van der Waals surface area contributed by atoms with Crippen LogP contribution in [0.2, 0.25) is 0 Å². The summed E-state index contributed by atoms with van der Waals surface area (Å²) >= 11 is 8.45. The summed E-state index contributed by atoms with van der Waals surface area (Å²) in [5.41, 5.74) is 0. The summed E-state index contributed by atoms with van der Waals surface area (Å²) in [6, 6.07) is 1.93. The number of hydrogen-bond acceptors (Lipinski definition) is 2. The number of likely N-dealkylation sites (tertiary alicyclic amines) is 1. The molecule has 2 aliphatic rings. The lowest BCUT2D eigenvalue weighted by atomic mass is 9.75. The number of fused-ring (bicyclic) bond motifs is 1. The first-order valence-corrected chi connectivity index (χ1v) is 9.29. The van der Waals surface area contributed by atoms with Crippen molar-refractivity contribution in [3.8, 4) is 0 Å². The molecule has 1 amide bonds. The van der Waals surface area contributed by atoms with Gasteiger partial charge < -0.3 is 4.90 Å². The van der Waals surface area contributed by atoms with Crippen molar-refractivity contribution in [1.29, 1.82) is 0 Å². The Balaban J connectivity index is 1.70. The van der Waals surface area contributed by atoms with Crippen LogP contribution in [0.1, 0.15) is 41.8 Å².